The lowest BCUT2D eigenvalue weighted by Gasteiger charge is -2.20. The van der Waals surface area contributed by atoms with Crippen molar-refractivity contribution in [1.29, 1.82) is 10.8 Å². The van der Waals surface area contributed by atoms with Crippen molar-refractivity contribution in [2.24, 2.45) is 0 Å². The third-order valence-corrected chi connectivity index (χ3v) is 4.15. The number of aliphatic hydroxyl groups excluding tert-OH is 3. The van der Waals surface area contributed by atoms with Gasteiger partial charge in [0, 0.05) is 35.3 Å². The van der Waals surface area contributed by atoms with Gasteiger partial charge in [-0.15, -0.1) is 0 Å². The Balaban J connectivity index is 2.44. The lowest BCUT2D eigenvalue weighted by atomic mass is 9.95. The van der Waals surface area contributed by atoms with E-state index in [9.17, 15) is 20.1 Å². The summed E-state index contributed by atoms with van der Waals surface area (Å²) in [5, 5.41) is 48.0. The normalized spacial score (nSPS) is 12.7. The van der Waals surface area contributed by atoms with Crippen LogP contribution in [0.3, 0.4) is 0 Å². The second kappa shape index (κ2) is 10.6. The SMILES string of the molecule is COc1cc(CO)cc(NC(C(=N)/C=C(/C)O)C(=O)C(=N)/C(=C\O)c2cncnc2)c1. The number of aromatic nitrogens is 2. The van der Waals surface area contributed by atoms with Crippen LogP contribution in [0.1, 0.15) is 18.1 Å². The molecular formula is C21H23N5O5. The summed E-state index contributed by atoms with van der Waals surface area (Å²) in [5.74, 6) is -0.639. The molecule has 0 aliphatic carbocycles. The molecule has 0 radical (unpaired) electrons. The number of benzene rings is 1. The van der Waals surface area contributed by atoms with Crippen molar-refractivity contribution in [3.8, 4) is 5.75 Å². The van der Waals surface area contributed by atoms with Gasteiger partial charge in [-0.3, -0.25) is 10.2 Å². The van der Waals surface area contributed by atoms with Crippen LogP contribution in [0, 0.1) is 10.8 Å². The average Bonchev–Trinajstić information content (AvgIpc) is 2.77. The van der Waals surface area contributed by atoms with E-state index in [2.05, 4.69) is 15.3 Å². The molecule has 0 saturated carbocycles. The molecule has 0 fully saturated rings. The summed E-state index contributed by atoms with van der Waals surface area (Å²) in [6, 6.07) is 3.34. The fourth-order valence-corrected chi connectivity index (χ4v) is 2.71. The molecule has 2 aromatic rings. The highest BCUT2D eigenvalue weighted by atomic mass is 16.5. The molecule has 31 heavy (non-hydrogen) atoms. The van der Waals surface area contributed by atoms with Gasteiger partial charge in [0.2, 0.25) is 5.78 Å². The molecule has 6 N–H and O–H groups in total. The van der Waals surface area contributed by atoms with Crippen LogP contribution in [0.2, 0.25) is 0 Å². The number of carbonyl (C=O) groups excluding carboxylic acids is 1. The van der Waals surface area contributed by atoms with Gasteiger partial charge in [0.25, 0.3) is 0 Å². The summed E-state index contributed by atoms with van der Waals surface area (Å²) in [7, 11) is 1.44. The first kappa shape index (κ1) is 23.2. The smallest absolute Gasteiger partial charge is 0.209 e. The van der Waals surface area contributed by atoms with Crippen LogP contribution in [0.4, 0.5) is 5.69 Å². The predicted molar refractivity (Wildman–Crippen MR) is 116 cm³/mol. The fourth-order valence-electron chi connectivity index (χ4n) is 2.71. The lowest BCUT2D eigenvalue weighted by molar-refractivity contribution is -0.112. The number of aliphatic hydroxyl groups is 3. The summed E-state index contributed by atoms with van der Waals surface area (Å²) in [6.07, 6.45) is 5.60. The number of ether oxygens (including phenoxy) is 1. The average molecular weight is 425 g/mol. The predicted octanol–water partition coefficient (Wildman–Crippen LogP) is 2.43. The standard InChI is InChI=1S/C21H23N5O5/c1-12(29)3-18(22)20(26-15-4-13(9-27)5-16(6-15)31-2)21(30)19(23)17(10-28)14-7-24-11-25-8-14/h3-8,10-11,20,22-23,26-29H,9H2,1-2H3/b12-3-,17-10-,22-18?,23-19?. The maximum absolute atomic E-state index is 13.1. The first-order valence-corrected chi connectivity index (χ1v) is 9.04. The zero-order valence-corrected chi connectivity index (χ0v) is 17.0. The van der Waals surface area contributed by atoms with E-state index in [1.54, 1.807) is 18.2 Å². The molecule has 10 heteroatoms. The number of nitrogens with one attached hydrogen (secondary N) is 3. The zero-order chi connectivity index (χ0) is 23.0. The molecule has 10 nitrogen and oxygen atoms in total. The largest absolute Gasteiger partial charge is 0.515 e. The molecule has 0 bridgehead atoms. The summed E-state index contributed by atoms with van der Waals surface area (Å²) in [6.45, 7) is 1.07. The molecule has 0 spiro atoms. The van der Waals surface area contributed by atoms with Crippen LogP contribution in [-0.2, 0) is 11.4 Å². The van der Waals surface area contributed by atoms with Crippen molar-refractivity contribution in [3.05, 3.63) is 66.1 Å². The van der Waals surface area contributed by atoms with Crippen molar-refractivity contribution >= 4 is 28.5 Å². The number of nitrogens with zero attached hydrogens (tertiary/aromatic N) is 2. The third-order valence-electron chi connectivity index (χ3n) is 4.15. The minimum atomic E-state index is -1.38. The Morgan fingerprint density at radius 2 is 1.94 bits per heavy atom. The van der Waals surface area contributed by atoms with Gasteiger partial charge in [-0.25, -0.2) is 9.97 Å². The van der Waals surface area contributed by atoms with Gasteiger partial charge in [-0.05, 0) is 30.7 Å². The van der Waals surface area contributed by atoms with Gasteiger partial charge in [0.1, 0.15) is 23.8 Å². The van der Waals surface area contributed by atoms with E-state index in [1.807, 2.05) is 0 Å². The Labute approximate surface area is 178 Å². The maximum atomic E-state index is 13.1. The Morgan fingerprint density at radius 3 is 2.48 bits per heavy atom. The number of hydrogen-bond acceptors (Lipinski definition) is 10. The van der Waals surface area contributed by atoms with Crippen LogP contribution < -0.4 is 10.1 Å². The molecule has 1 aromatic heterocycles. The number of methoxy groups -OCH3 is 1. The number of allylic oxidation sites excluding steroid dienone is 2. The summed E-state index contributed by atoms with van der Waals surface area (Å²) in [5.41, 5.74) is 0.0587. The van der Waals surface area contributed by atoms with Crippen LogP contribution in [-0.4, -0.2) is 55.6 Å². The van der Waals surface area contributed by atoms with Gasteiger partial charge in [0.05, 0.1) is 31.4 Å². The van der Waals surface area contributed by atoms with Gasteiger partial charge >= 0.3 is 0 Å². The molecular weight excluding hydrogens is 402 g/mol. The molecule has 1 heterocycles. The Hall–Kier alpha value is -4.05. The van der Waals surface area contributed by atoms with Gasteiger partial charge in [-0.2, -0.15) is 0 Å². The second-order valence-electron chi connectivity index (χ2n) is 6.46. The highest BCUT2D eigenvalue weighted by Crippen LogP contribution is 2.23. The summed E-state index contributed by atoms with van der Waals surface area (Å²) >= 11 is 0. The van der Waals surface area contributed by atoms with Gasteiger partial charge in [0.15, 0.2) is 0 Å². The minimum Gasteiger partial charge on any atom is -0.515 e. The maximum Gasteiger partial charge on any atom is 0.209 e. The fraction of sp³-hybridized carbons (Fsp3) is 0.190. The molecule has 1 atom stereocenters. The third kappa shape index (κ3) is 5.97. The van der Waals surface area contributed by atoms with E-state index >= 15 is 0 Å². The monoisotopic (exact) mass is 425 g/mol. The number of ketones is 1. The molecule has 2 rings (SSSR count). The van der Waals surface area contributed by atoms with E-state index < -0.39 is 17.5 Å². The Kier molecular flexibility index (Phi) is 7.98. The van der Waals surface area contributed by atoms with Crippen LogP contribution >= 0.6 is 0 Å². The Bertz CT molecular complexity index is 1010. The van der Waals surface area contributed by atoms with Crippen LogP contribution in [0.15, 0.2) is 55.0 Å². The number of carbonyl (C=O) groups is 1. The summed E-state index contributed by atoms with van der Waals surface area (Å²) in [4.78, 5) is 20.8. The van der Waals surface area contributed by atoms with E-state index in [1.165, 1.54) is 32.8 Å². The molecule has 0 aliphatic rings. The molecule has 0 amide bonds. The van der Waals surface area contributed by atoms with Crippen molar-refractivity contribution in [1.82, 2.24) is 9.97 Å². The van der Waals surface area contributed by atoms with E-state index in [4.69, 9.17) is 15.6 Å². The van der Waals surface area contributed by atoms with E-state index in [0.29, 0.717) is 23.3 Å². The van der Waals surface area contributed by atoms with E-state index in [0.717, 1.165) is 6.08 Å². The van der Waals surface area contributed by atoms with Crippen LogP contribution in [0.5, 0.6) is 5.75 Å². The molecule has 162 valence electrons. The van der Waals surface area contributed by atoms with Gasteiger partial charge in [-0.1, -0.05) is 0 Å². The first-order valence-electron chi connectivity index (χ1n) is 9.04. The lowest BCUT2D eigenvalue weighted by Crippen LogP contribution is -2.41. The number of rotatable bonds is 10. The number of hydrogen-bond donors (Lipinski definition) is 6. The van der Waals surface area contributed by atoms with Crippen molar-refractivity contribution in [2.75, 3.05) is 12.4 Å². The summed E-state index contributed by atoms with van der Waals surface area (Å²) < 4.78 is 5.19. The molecule has 0 aliphatic heterocycles. The minimum absolute atomic E-state index is 0.128. The van der Waals surface area contributed by atoms with Crippen LogP contribution in [0.25, 0.3) is 5.57 Å². The van der Waals surface area contributed by atoms with E-state index in [-0.39, 0.29) is 29.2 Å². The second-order valence-corrected chi connectivity index (χ2v) is 6.46. The number of Topliss-reactive ketones (excluding diaryl/α,β-unsaturated/α-hetero) is 1. The molecule has 0 saturated heterocycles. The Morgan fingerprint density at radius 1 is 1.26 bits per heavy atom. The highest BCUT2D eigenvalue weighted by Gasteiger charge is 2.29. The zero-order valence-electron chi connectivity index (χ0n) is 17.0. The molecule has 1 aromatic carbocycles. The first-order chi connectivity index (χ1) is 14.8. The van der Waals surface area contributed by atoms with Crippen molar-refractivity contribution < 1.29 is 24.9 Å². The molecule has 1 unspecified atom stereocenters. The topological polar surface area (TPSA) is 172 Å². The van der Waals surface area contributed by atoms with Crippen molar-refractivity contribution in [2.45, 2.75) is 19.6 Å². The quantitative estimate of drug-likeness (QED) is 0.249. The van der Waals surface area contributed by atoms with Crippen molar-refractivity contribution in [3.63, 3.8) is 0 Å². The highest BCUT2D eigenvalue weighted by molar-refractivity contribution is 6.59. The number of anilines is 1. The van der Waals surface area contributed by atoms with Gasteiger partial charge < -0.3 is 30.8 Å².